The van der Waals surface area contributed by atoms with Gasteiger partial charge in [-0.3, -0.25) is 19.6 Å². The van der Waals surface area contributed by atoms with Crippen molar-refractivity contribution in [3.63, 3.8) is 0 Å². The first-order valence-corrected chi connectivity index (χ1v) is 10.9. The highest BCUT2D eigenvalue weighted by Gasteiger charge is 2.47. The summed E-state index contributed by atoms with van der Waals surface area (Å²) in [6, 6.07) is 3.70. The maximum absolute atomic E-state index is 12.4. The molecular weight excluding hydrogens is 400 g/mol. The molecule has 1 saturated heterocycles. The first-order valence-electron chi connectivity index (χ1n) is 9.00. The first-order chi connectivity index (χ1) is 13.4. The predicted molar refractivity (Wildman–Crippen MR) is 105 cm³/mol. The van der Waals surface area contributed by atoms with Crippen LogP contribution >= 0.6 is 23.1 Å². The predicted octanol–water partition coefficient (Wildman–Crippen LogP) is 2.19. The van der Waals surface area contributed by atoms with Crippen molar-refractivity contribution < 1.29 is 14.4 Å². The van der Waals surface area contributed by atoms with Crippen LogP contribution in [0.1, 0.15) is 39.2 Å². The van der Waals surface area contributed by atoms with Crippen molar-refractivity contribution in [2.75, 3.05) is 5.75 Å². The fourth-order valence-corrected chi connectivity index (χ4v) is 4.43. The van der Waals surface area contributed by atoms with Gasteiger partial charge in [-0.05, 0) is 37.6 Å². The van der Waals surface area contributed by atoms with Crippen molar-refractivity contribution in [3.05, 3.63) is 17.5 Å². The van der Waals surface area contributed by atoms with Crippen LogP contribution in [0.2, 0.25) is 0 Å². The number of hydrogen-bond donors (Lipinski definition) is 2. The van der Waals surface area contributed by atoms with Crippen LogP contribution in [-0.2, 0) is 9.59 Å². The summed E-state index contributed by atoms with van der Waals surface area (Å²) in [4.78, 5) is 37.7. The van der Waals surface area contributed by atoms with E-state index in [0.717, 1.165) is 28.6 Å². The van der Waals surface area contributed by atoms with E-state index in [1.807, 2.05) is 17.5 Å². The minimum absolute atomic E-state index is 0.0230. The fraction of sp³-hybridized carbons (Fsp3) is 0.471. The number of amides is 4. The zero-order valence-electron chi connectivity index (χ0n) is 15.5. The number of nitrogens with one attached hydrogen (secondary N) is 2. The van der Waals surface area contributed by atoms with E-state index < -0.39 is 23.4 Å². The van der Waals surface area contributed by atoms with Crippen molar-refractivity contribution in [1.29, 1.82) is 0 Å². The van der Waals surface area contributed by atoms with Crippen LogP contribution < -0.4 is 10.7 Å². The van der Waals surface area contributed by atoms with Gasteiger partial charge in [0.1, 0.15) is 5.54 Å². The molecule has 0 unspecified atom stereocenters. The van der Waals surface area contributed by atoms with Gasteiger partial charge < -0.3 is 5.32 Å². The second-order valence-corrected chi connectivity index (χ2v) is 8.85. The molecule has 1 aliphatic carbocycles. The highest BCUT2D eigenvalue weighted by atomic mass is 32.2. The molecule has 4 rings (SSSR count). The van der Waals surface area contributed by atoms with Gasteiger partial charge in [0.05, 0.1) is 10.6 Å². The van der Waals surface area contributed by atoms with Crippen molar-refractivity contribution in [2.24, 2.45) is 0 Å². The summed E-state index contributed by atoms with van der Waals surface area (Å²) >= 11 is 2.84. The van der Waals surface area contributed by atoms with E-state index in [0.29, 0.717) is 17.6 Å². The minimum atomic E-state index is -0.987. The molecule has 28 heavy (non-hydrogen) atoms. The maximum atomic E-state index is 12.4. The Labute approximate surface area is 169 Å². The lowest BCUT2D eigenvalue weighted by molar-refractivity contribution is -0.137. The van der Waals surface area contributed by atoms with Gasteiger partial charge in [-0.25, -0.2) is 4.79 Å². The van der Waals surface area contributed by atoms with E-state index in [4.69, 9.17) is 0 Å². The topological polar surface area (TPSA) is 109 Å². The number of hydrazine groups is 1. The Morgan fingerprint density at radius 3 is 2.82 bits per heavy atom. The van der Waals surface area contributed by atoms with Crippen molar-refractivity contribution in [1.82, 2.24) is 30.5 Å². The van der Waals surface area contributed by atoms with E-state index in [2.05, 4.69) is 25.5 Å². The highest BCUT2D eigenvalue weighted by molar-refractivity contribution is 7.99. The molecule has 2 aliphatic rings. The van der Waals surface area contributed by atoms with E-state index in [-0.39, 0.29) is 5.75 Å². The molecular formula is C17H20N6O3S2. The smallest absolute Gasteiger partial charge is 0.322 e. The summed E-state index contributed by atoms with van der Waals surface area (Å²) in [7, 11) is 0. The molecule has 2 aromatic heterocycles. The van der Waals surface area contributed by atoms with E-state index >= 15 is 0 Å². The molecule has 9 nitrogen and oxygen atoms in total. The van der Waals surface area contributed by atoms with Gasteiger partial charge in [-0.2, -0.15) is 5.01 Å². The average Bonchev–Trinajstić information content (AvgIpc) is 3.12. The van der Waals surface area contributed by atoms with E-state index in [1.165, 1.54) is 11.8 Å². The summed E-state index contributed by atoms with van der Waals surface area (Å²) < 4.78 is 2.08. The molecule has 3 heterocycles. The lowest BCUT2D eigenvalue weighted by Crippen LogP contribution is -2.49. The Hall–Kier alpha value is -2.40. The Bertz CT molecular complexity index is 923. The SMILES string of the molecule is CC[C@@]1(C)NC(=O)N(NC(=O)CSc2nnc(-c3cccs3)n2C2CC2)C1=O. The second-order valence-electron chi connectivity index (χ2n) is 6.96. The number of aromatic nitrogens is 3. The third-order valence-electron chi connectivity index (χ3n) is 4.86. The molecule has 4 amide bonds. The van der Waals surface area contributed by atoms with Gasteiger partial charge in [-0.1, -0.05) is 24.8 Å². The Balaban J connectivity index is 1.42. The zero-order valence-corrected chi connectivity index (χ0v) is 17.1. The lowest BCUT2D eigenvalue weighted by atomic mass is 10.00. The second kappa shape index (κ2) is 7.21. The number of thiophene rings is 1. The lowest BCUT2D eigenvalue weighted by Gasteiger charge is -2.19. The minimum Gasteiger partial charge on any atom is -0.322 e. The molecule has 0 spiro atoms. The molecule has 2 N–H and O–H groups in total. The van der Waals surface area contributed by atoms with Crippen molar-refractivity contribution in [2.45, 2.75) is 49.8 Å². The number of carbonyl (C=O) groups excluding carboxylic acids is 3. The summed E-state index contributed by atoms with van der Waals surface area (Å²) in [6.07, 6.45) is 2.57. The molecule has 2 aromatic rings. The molecule has 0 radical (unpaired) electrons. The zero-order chi connectivity index (χ0) is 19.9. The van der Waals surface area contributed by atoms with Crippen molar-refractivity contribution in [3.8, 4) is 10.7 Å². The molecule has 2 fully saturated rings. The molecule has 0 bridgehead atoms. The number of carbonyl (C=O) groups is 3. The standard InChI is InChI=1S/C17H20N6O3S2/c1-3-17(2)14(25)23(15(26)18-17)21-12(24)9-28-16-20-19-13(11-5-4-8-27-11)22(16)10-6-7-10/h4-5,8,10H,3,6-7,9H2,1-2H3,(H,18,26)(H,21,24)/t17-/m1/s1. The van der Waals surface area contributed by atoms with Crippen LogP contribution in [-0.4, -0.2) is 48.9 Å². The molecule has 1 aliphatic heterocycles. The summed E-state index contributed by atoms with van der Waals surface area (Å²) in [5.74, 6) is -0.0700. The summed E-state index contributed by atoms with van der Waals surface area (Å²) in [5.41, 5.74) is 1.41. The van der Waals surface area contributed by atoms with Gasteiger partial charge >= 0.3 is 6.03 Å². The highest BCUT2D eigenvalue weighted by Crippen LogP contribution is 2.41. The fourth-order valence-electron chi connectivity index (χ4n) is 2.92. The van der Waals surface area contributed by atoms with Crippen molar-refractivity contribution >= 4 is 40.9 Å². The van der Waals surface area contributed by atoms with Crippen LogP contribution in [0.4, 0.5) is 4.79 Å². The molecule has 1 saturated carbocycles. The Kier molecular flexibility index (Phi) is 4.88. The van der Waals surface area contributed by atoms with Gasteiger partial charge in [0, 0.05) is 6.04 Å². The number of imide groups is 1. The number of urea groups is 1. The summed E-state index contributed by atoms with van der Waals surface area (Å²) in [6.45, 7) is 3.44. The van der Waals surface area contributed by atoms with Gasteiger partial charge in [0.25, 0.3) is 5.91 Å². The number of thioether (sulfide) groups is 1. The third kappa shape index (κ3) is 3.39. The monoisotopic (exact) mass is 420 g/mol. The normalized spacial score (nSPS) is 21.9. The van der Waals surface area contributed by atoms with Crippen LogP contribution in [0.15, 0.2) is 22.7 Å². The Morgan fingerprint density at radius 1 is 1.43 bits per heavy atom. The molecule has 0 aromatic carbocycles. The Morgan fingerprint density at radius 2 is 2.21 bits per heavy atom. The first kappa shape index (κ1) is 18.9. The average molecular weight is 421 g/mol. The number of nitrogens with zero attached hydrogens (tertiary/aromatic N) is 4. The van der Waals surface area contributed by atoms with Gasteiger partial charge in [0.2, 0.25) is 5.91 Å². The third-order valence-corrected chi connectivity index (χ3v) is 6.66. The van der Waals surface area contributed by atoms with E-state index in [1.54, 1.807) is 25.2 Å². The number of rotatable bonds is 7. The van der Waals surface area contributed by atoms with Gasteiger partial charge in [-0.15, -0.1) is 21.5 Å². The quantitative estimate of drug-likeness (QED) is 0.525. The van der Waals surface area contributed by atoms with E-state index in [9.17, 15) is 14.4 Å². The van der Waals surface area contributed by atoms with Gasteiger partial charge in [0.15, 0.2) is 11.0 Å². The largest absolute Gasteiger partial charge is 0.344 e. The molecule has 11 heteroatoms. The summed E-state index contributed by atoms with van der Waals surface area (Å²) in [5, 5.41) is 14.6. The number of hydrogen-bond acceptors (Lipinski definition) is 7. The van der Waals surface area contributed by atoms with Crippen LogP contribution in [0.25, 0.3) is 10.7 Å². The van der Waals surface area contributed by atoms with Crippen LogP contribution in [0.3, 0.4) is 0 Å². The molecule has 148 valence electrons. The van der Waals surface area contributed by atoms with Crippen LogP contribution in [0, 0.1) is 0 Å². The maximum Gasteiger partial charge on any atom is 0.344 e. The molecule has 1 atom stereocenters. The van der Waals surface area contributed by atoms with Crippen LogP contribution in [0.5, 0.6) is 0 Å².